The van der Waals surface area contributed by atoms with Crippen LogP contribution in [-0.2, 0) is 9.59 Å². The summed E-state index contributed by atoms with van der Waals surface area (Å²) in [5.41, 5.74) is 1.99. The summed E-state index contributed by atoms with van der Waals surface area (Å²) in [4.78, 5) is 27.4. The average Bonchev–Trinajstić information content (AvgIpc) is 3.08. The van der Waals surface area contributed by atoms with Crippen molar-refractivity contribution in [1.82, 2.24) is 0 Å². The molecule has 5 heteroatoms. The van der Waals surface area contributed by atoms with Crippen LogP contribution in [0, 0.1) is 5.92 Å². The molecule has 2 saturated heterocycles. The van der Waals surface area contributed by atoms with Crippen LogP contribution in [0.3, 0.4) is 0 Å². The molecule has 0 aliphatic carbocycles. The summed E-state index contributed by atoms with van der Waals surface area (Å²) in [6.45, 7) is 2.44. The van der Waals surface area contributed by atoms with E-state index in [-0.39, 0.29) is 18.2 Å². The minimum Gasteiger partial charge on any atom is -0.370 e. The van der Waals surface area contributed by atoms with E-state index in [1.165, 1.54) is 12.8 Å². The molecule has 2 aliphatic rings. The molecular formula is C15H17ClN2O2. The molecule has 0 aromatic heterocycles. The van der Waals surface area contributed by atoms with E-state index in [0.29, 0.717) is 6.54 Å². The molecule has 4 nitrogen and oxygen atoms in total. The lowest BCUT2D eigenvalue weighted by Crippen LogP contribution is -2.28. The number of para-hydroxylation sites is 2. The van der Waals surface area contributed by atoms with E-state index >= 15 is 0 Å². The molecule has 0 radical (unpaired) electrons. The first-order valence-electron chi connectivity index (χ1n) is 7.00. The van der Waals surface area contributed by atoms with Crippen molar-refractivity contribution in [3.63, 3.8) is 0 Å². The molecular weight excluding hydrogens is 276 g/mol. The van der Waals surface area contributed by atoms with Crippen molar-refractivity contribution in [3.05, 3.63) is 24.3 Å². The monoisotopic (exact) mass is 292 g/mol. The molecule has 106 valence electrons. The molecule has 1 aromatic carbocycles. The number of rotatable bonds is 3. The Morgan fingerprint density at radius 2 is 1.80 bits per heavy atom. The maximum atomic E-state index is 12.2. The average molecular weight is 293 g/mol. The summed E-state index contributed by atoms with van der Waals surface area (Å²) in [7, 11) is 0. The third-order valence-corrected chi connectivity index (χ3v) is 4.37. The van der Waals surface area contributed by atoms with E-state index in [1.807, 2.05) is 24.3 Å². The Morgan fingerprint density at radius 3 is 2.40 bits per heavy atom. The lowest BCUT2D eigenvalue weighted by atomic mass is 10.1. The Morgan fingerprint density at radius 1 is 1.15 bits per heavy atom. The number of anilines is 2. The summed E-state index contributed by atoms with van der Waals surface area (Å²) < 4.78 is 0. The Hall–Kier alpha value is -1.55. The molecule has 0 bridgehead atoms. The third-order valence-electron chi connectivity index (χ3n) is 4.07. The van der Waals surface area contributed by atoms with Crippen molar-refractivity contribution < 1.29 is 9.59 Å². The minimum absolute atomic E-state index is 0.0179. The first kappa shape index (κ1) is 13.4. The van der Waals surface area contributed by atoms with Crippen molar-refractivity contribution in [2.75, 3.05) is 29.4 Å². The zero-order valence-electron chi connectivity index (χ0n) is 11.2. The number of carbonyl (C=O) groups is 2. The maximum Gasteiger partial charge on any atom is 0.227 e. The van der Waals surface area contributed by atoms with Gasteiger partial charge in [0, 0.05) is 26.1 Å². The fraction of sp³-hybridized carbons (Fsp3) is 0.467. The highest BCUT2D eigenvalue weighted by Crippen LogP contribution is 2.35. The van der Waals surface area contributed by atoms with Crippen molar-refractivity contribution in [3.8, 4) is 0 Å². The molecule has 0 N–H and O–H groups in total. The van der Waals surface area contributed by atoms with Gasteiger partial charge in [0.2, 0.25) is 11.1 Å². The van der Waals surface area contributed by atoms with Crippen molar-refractivity contribution >= 4 is 34.1 Å². The molecule has 1 atom stereocenters. The number of benzene rings is 1. The highest BCUT2D eigenvalue weighted by molar-refractivity contribution is 6.64. The number of nitrogens with zero attached hydrogens (tertiary/aromatic N) is 2. The second-order valence-electron chi connectivity index (χ2n) is 5.39. The summed E-state index contributed by atoms with van der Waals surface area (Å²) in [6.07, 6.45) is 2.59. The third kappa shape index (κ3) is 2.40. The van der Waals surface area contributed by atoms with Gasteiger partial charge < -0.3 is 9.80 Å². The second-order valence-corrected chi connectivity index (χ2v) is 5.76. The van der Waals surface area contributed by atoms with E-state index in [2.05, 4.69) is 4.90 Å². The molecule has 1 aromatic rings. The largest absolute Gasteiger partial charge is 0.370 e. The van der Waals surface area contributed by atoms with Gasteiger partial charge in [-0.1, -0.05) is 12.1 Å². The Bertz CT molecular complexity index is 540. The van der Waals surface area contributed by atoms with Crippen LogP contribution in [0.2, 0.25) is 0 Å². The Balaban J connectivity index is 1.90. The van der Waals surface area contributed by atoms with Crippen molar-refractivity contribution in [2.45, 2.75) is 19.3 Å². The van der Waals surface area contributed by atoms with Crippen LogP contribution in [0.25, 0.3) is 0 Å². The Kier molecular flexibility index (Phi) is 3.66. The fourth-order valence-corrected chi connectivity index (χ4v) is 3.16. The Labute approximate surface area is 123 Å². The molecule has 0 saturated carbocycles. The number of hydrogen-bond acceptors (Lipinski definition) is 3. The van der Waals surface area contributed by atoms with Gasteiger partial charge in [-0.2, -0.15) is 0 Å². The van der Waals surface area contributed by atoms with Crippen LogP contribution in [0.1, 0.15) is 19.3 Å². The van der Waals surface area contributed by atoms with Gasteiger partial charge in [-0.25, -0.2) is 0 Å². The van der Waals surface area contributed by atoms with Crippen LogP contribution in [0.15, 0.2) is 24.3 Å². The zero-order valence-corrected chi connectivity index (χ0v) is 12.0. The SMILES string of the molecule is O=C(Cl)[C@H]1CC(=O)N(c2ccccc2N2CCCC2)C1. The van der Waals surface area contributed by atoms with Crippen LogP contribution in [-0.4, -0.2) is 30.8 Å². The summed E-state index contributed by atoms with van der Waals surface area (Å²) >= 11 is 5.54. The van der Waals surface area contributed by atoms with E-state index in [4.69, 9.17) is 11.6 Å². The standard InChI is InChI=1S/C15H17ClN2O2/c16-15(20)11-9-14(19)18(10-11)13-6-2-1-5-12(13)17-7-3-4-8-17/h1-2,5-6,11H,3-4,7-10H2/t11-/m0/s1. The number of carbonyl (C=O) groups excluding carboxylic acids is 2. The quantitative estimate of drug-likeness (QED) is 0.803. The molecule has 2 fully saturated rings. The van der Waals surface area contributed by atoms with Gasteiger partial charge in [-0.05, 0) is 36.6 Å². The van der Waals surface area contributed by atoms with Crippen molar-refractivity contribution in [1.29, 1.82) is 0 Å². The first-order chi connectivity index (χ1) is 9.66. The zero-order chi connectivity index (χ0) is 14.1. The van der Waals surface area contributed by atoms with Gasteiger partial charge in [0.25, 0.3) is 0 Å². The highest BCUT2D eigenvalue weighted by atomic mass is 35.5. The van der Waals surface area contributed by atoms with E-state index < -0.39 is 5.24 Å². The maximum absolute atomic E-state index is 12.2. The topological polar surface area (TPSA) is 40.6 Å². The molecule has 2 heterocycles. The van der Waals surface area contributed by atoms with E-state index in [0.717, 1.165) is 24.5 Å². The van der Waals surface area contributed by atoms with Crippen molar-refractivity contribution in [2.24, 2.45) is 5.92 Å². The summed E-state index contributed by atoms with van der Waals surface area (Å²) in [5, 5.41) is -0.417. The summed E-state index contributed by atoms with van der Waals surface area (Å²) in [6, 6.07) is 7.91. The first-order valence-corrected chi connectivity index (χ1v) is 7.38. The summed E-state index contributed by atoms with van der Waals surface area (Å²) in [5.74, 6) is -0.397. The van der Waals surface area contributed by atoms with E-state index in [1.54, 1.807) is 4.90 Å². The number of amides is 1. The molecule has 0 spiro atoms. The molecule has 1 amide bonds. The lowest BCUT2D eigenvalue weighted by molar-refractivity contribution is -0.120. The molecule has 2 aliphatic heterocycles. The van der Waals surface area contributed by atoms with Gasteiger partial charge in [-0.15, -0.1) is 0 Å². The minimum atomic E-state index is -0.417. The fourth-order valence-electron chi connectivity index (χ4n) is 3.01. The molecule has 0 unspecified atom stereocenters. The normalized spacial score (nSPS) is 22.6. The van der Waals surface area contributed by atoms with E-state index in [9.17, 15) is 9.59 Å². The van der Waals surface area contributed by atoms with Crippen LogP contribution in [0.4, 0.5) is 11.4 Å². The smallest absolute Gasteiger partial charge is 0.227 e. The van der Waals surface area contributed by atoms with Gasteiger partial charge in [0.1, 0.15) is 0 Å². The predicted octanol–water partition coefficient (Wildman–Crippen LogP) is 2.41. The molecule has 3 rings (SSSR count). The van der Waals surface area contributed by atoms with Gasteiger partial charge in [0.15, 0.2) is 0 Å². The second kappa shape index (κ2) is 5.44. The predicted molar refractivity (Wildman–Crippen MR) is 79.2 cm³/mol. The molecule has 20 heavy (non-hydrogen) atoms. The lowest BCUT2D eigenvalue weighted by Gasteiger charge is -2.26. The number of halogens is 1. The van der Waals surface area contributed by atoms with Gasteiger partial charge in [0.05, 0.1) is 17.3 Å². The van der Waals surface area contributed by atoms with Crippen LogP contribution in [0.5, 0.6) is 0 Å². The van der Waals surface area contributed by atoms with Crippen LogP contribution >= 0.6 is 11.6 Å². The highest BCUT2D eigenvalue weighted by Gasteiger charge is 2.35. The van der Waals surface area contributed by atoms with Crippen LogP contribution < -0.4 is 9.80 Å². The van der Waals surface area contributed by atoms with Gasteiger partial charge in [-0.3, -0.25) is 9.59 Å². The number of hydrogen-bond donors (Lipinski definition) is 0. The van der Waals surface area contributed by atoms with Gasteiger partial charge >= 0.3 is 0 Å².